The van der Waals surface area contributed by atoms with Gasteiger partial charge < -0.3 is 19.8 Å². The molecule has 1 aromatic heterocycles. The highest BCUT2D eigenvalue weighted by molar-refractivity contribution is 6.01. The highest BCUT2D eigenvalue weighted by Gasteiger charge is 2.19. The van der Waals surface area contributed by atoms with Gasteiger partial charge >= 0.3 is 5.97 Å². The SMILES string of the molecule is CCCn1c(C)cc(C(=O)COC(=O)c2ccccc2OCC(N)=O)c1C. The van der Waals surface area contributed by atoms with E-state index in [2.05, 4.69) is 11.5 Å². The second-order valence-corrected chi connectivity index (χ2v) is 6.19. The van der Waals surface area contributed by atoms with Gasteiger partial charge in [-0.2, -0.15) is 0 Å². The zero-order valence-corrected chi connectivity index (χ0v) is 15.8. The minimum atomic E-state index is -0.703. The maximum atomic E-state index is 12.5. The second-order valence-electron chi connectivity index (χ2n) is 6.19. The van der Waals surface area contributed by atoms with Crippen molar-refractivity contribution in [3.05, 3.63) is 52.8 Å². The van der Waals surface area contributed by atoms with Crippen LogP contribution in [0.2, 0.25) is 0 Å². The number of esters is 1. The van der Waals surface area contributed by atoms with Crippen LogP contribution in [0.1, 0.15) is 45.4 Å². The van der Waals surface area contributed by atoms with E-state index in [9.17, 15) is 14.4 Å². The normalized spacial score (nSPS) is 10.5. The smallest absolute Gasteiger partial charge is 0.342 e. The molecule has 0 saturated carbocycles. The number of amides is 1. The van der Waals surface area contributed by atoms with Gasteiger partial charge in [-0.05, 0) is 38.5 Å². The average Bonchev–Trinajstić information content (AvgIpc) is 2.93. The van der Waals surface area contributed by atoms with Gasteiger partial charge in [-0.3, -0.25) is 9.59 Å². The van der Waals surface area contributed by atoms with Crippen LogP contribution in [0.25, 0.3) is 0 Å². The van der Waals surface area contributed by atoms with Gasteiger partial charge in [-0.15, -0.1) is 0 Å². The lowest BCUT2D eigenvalue weighted by atomic mass is 10.1. The van der Waals surface area contributed by atoms with Crippen LogP contribution >= 0.6 is 0 Å². The number of benzene rings is 1. The van der Waals surface area contributed by atoms with Crippen molar-refractivity contribution in [3.8, 4) is 5.75 Å². The number of nitrogens with zero attached hydrogens (tertiary/aromatic N) is 1. The first-order valence-corrected chi connectivity index (χ1v) is 8.72. The molecule has 1 aromatic carbocycles. The first-order chi connectivity index (χ1) is 12.8. The number of rotatable bonds is 9. The van der Waals surface area contributed by atoms with Crippen LogP contribution in [-0.2, 0) is 16.1 Å². The highest BCUT2D eigenvalue weighted by Crippen LogP contribution is 2.20. The minimum absolute atomic E-state index is 0.128. The molecule has 1 amide bonds. The molecule has 7 nitrogen and oxygen atoms in total. The first kappa shape index (κ1) is 20.2. The molecular formula is C20H24N2O5. The number of Topliss-reactive ketones (excluding diaryl/α,β-unsaturated/α-hetero) is 1. The number of primary amides is 1. The van der Waals surface area contributed by atoms with Crippen molar-refractivity contribution in [3.63, 3.8) is 0 Å². The number of aromatic nitrogens is 1. The molecule has 0 radical (unpaired) electrons. The number of ether oxygens (including phenoxy) is 2. The van der Waals surface area contributed by atoms with E-state index in [1.807, 2.05) is 19.9 Å². The standard InChI is InChI=1S/C20H24N2O5/c1-4-9-22-13(2)10-16(14(22)3)17(23)11-27-20(25)15-7-5-6-8-18(15)26-12-19(21)24/h5-8,10H,4,9,11-12H2,1-3H3,(H2,21,24). The van der Waals surface area contributed by atoms with Gasteiger partial charge in [0.15, 0.2) is 13.2 Å². The fourth-order valence-electron chi connectivity index (χ4n) is 2.85. The summed E-state index contributed by atoms with van der Waals surface area (Å²) in [5.41, 5.74) is 7.58. The Morgan fingerprint density at radius 2 is 1.78 bits per heavy atom. The number of carbonyl (C=O) groups excluding carboxylic acids is 3. The zero-order chi connectivity index (χ0) is 20.0. The molecule has 0 aliphatic carbocycles. The largest absolute Gasteiger partial charge is 0.483 e. The lowest BCUT2D eigenvalue weighted by Gasteiger charge is -2.10. The Morgan fingerprint density at radius 1 is 1.07 bits per heavy atom. The van der Waals surface area contributed by atoms with E-state index in [1.165, 1.54) is 12.1 Å². The van der Waals surface area contributed by atoms with Crippen molar-refractivity contribution in [2.45, 2.75) is 33.7 Å². The number of hydrogen-bond donors (Lipinski definition) is 1. The van der Waals surface area contributed by atoms with Crippen LogP contribution in [0.15, 0.2) is 30.3 Å². The van der Waals surface area contributed by atoms with Crippen LogP contribution in [0.4, 0.5) is 0 Å². The van der Waals surface area contributed by atoms with Crippen LogP contribution in [0.5, 0.6) is 5.75 Å². The highest BCUT2D eigenvalue weighted by atomic mass is 16.5. The van der Waals surface area contributed by atoms with Crippen molar-refractivity contribution < 1.29 is 23.9 Å². The first-order valence-electron chi connectivity index (χ1n) is 8.72. The molecule has 0 fully saturated rings. The monoisotopic (exact) mass is 372 g/mol. The summed E-state index contributed by atoms with van der Waals surface area (Å²) in [6.45, 7) is 5.99. The number of aryl methyl sites for hydroxylation is 1. The van der Waals surface area contributed by atoms with Gasteiger partial charge in [0.1, 0.15) is 11.3 Å². The Hall–Kier alpha value is -3.09. The fourth-order valence-corrected chi connectivity index (χ4v) is 2.85. The third kappa shape index (κ3) is 4.97. The molecule has 0 aliphatic heterocycles. The zero-order valence-electron chi connectivity index (χ0n) is 15.8. The van der Waals surface area contributed by atoms with Crippen molar-refractivity contribution in [1.29, 1.82) is 0 Å². The Balaban J connectivity index is 2.07. The van der Waals surface area contributed by atoms with E-state index in [0.29, 0.717) is 5.56 Å². The summed E-state index contributed by atoms with van der Waals surface area (Å²) in [6.07, 6.45) is 0.959. The van der Waals surface area contributed by atoms with Crippen molar-refractivity contribution in [2.75, 3.05) is 13.2 Å². The third-order valence-electron chi connectivity index (χ3n) is 4.13. The molecule has 27 heavy (non-hydrogen) atoms. The van der Waals surface area contributed by atoms with E-state index in [4.69, 9.17) is 15.2 Å². The molecule has 1 heterocycles. The van der Waals surface area contributed by atoms with Gasteiger partial charge in [0.05, 0.1) is 0 Å². The fraction of sp³-hybridized carbons (Fsp3) is 0.350. The molecule has 0 spiro atoms. The summed E-state index contributed by atoms with van der Waals surface area (Å²) in [4.78, 5) is 35.7. The molecule has 7 heteroatoms. The lowest BCUT2D eigenvalue weighted by Crippen LogP contribution is -2.21. The Morgan fingerprint density at radius 3 is 2.44 bits per heavy atom. The summed E-state index contributed by atoms with van der Waals surface area (Å²) < 4.78 is 12.4. The van der Waals surface area contributed by atoms with Crippen molar-refractivity contribution in [2.24, 2.45) is 5.73 Å². The molecule has 0 unspecified atom stereocenters. The van der Waals surface area contributed by atoms with E-state index in [0.717, 1.165) is 24.4 Å². The summed E-state index contributed by atoms with van der Waals surface area (Å²) in [7, 11) is 0. The number of carbonyl (C=O) groups is 3. The number of nitrogens with two attached hydrogens (primary N) is 1. The van der Waals surface area contributed by atoms with Gasteiger partial charge in [-0.1, -0.05) is 19.1 Å². The number of ketones is 1. The van der Waals surface area contributed by atoms with Gasteiger partial charge in [0.2, 0.25) is 5.78 Å². The van der Waals surface area contributed by atoms with Gasteiger partial charge in [-0.25, -0.2) is 4.79 Å². The van der Waals surface area contributed by atoms with Crippen LogP contribution in [0.3, 0.4) is 0 Å². The maximum Gasteiger partial charge on any atom is 0.342 e. The Kier molecular flexibility index (Phi) is 6.76. The van der Waals surface area contributed by atoms with Crippen LogP contribution < -0.4 is 10.5 Å². The maximum absolute atomic E-state index is 12.5. The van der Waals surface area contributed by atoms with Crippen LogP contribution in [-0.4, -0.2) is 35.4 Å². The van der Waals surface area contributed by atoms with E-state index in [-0.39, 0.29) is 30.3 Å². The van der Waals surface area contributed by atoms with Gasteiger partial charge in [0, 0.05) is 23.5 Å². The van der Waals surface area contributed by atoms with E-state index >= 15 is 0 Å². The molecule has 0 atom stereocenters. The number of hydrogen-bond acceptors (Lipinski definition) is 5. The molecule has 2 aromatic rings. The molecule has 0 saturated heterocycles. The summed E-state index contributed by atoms with van der Waals surface area (Å²) in [6, 6.07) is 8.12. The summed E-state index contributed by atoms with van der Waals surface area (Å²) in [5, 5.41) is 0. The molecule has 0 bridgehead atoms. The summed E-state index contributed by atoms with van der Waals surface area (Å²) in [5.74, 6) is -1.45. The molecule has 2 rings (SSSR count). The predicted molar refractivity (Wildman–Crippen MR) is 99.9 cm³/mol. The van der Waals surface area contributed by atoms with E-state index < -0.39 is 11.9 Å². The third-order valence-corrected chi connectivity index (χ3v) is 4.13. The van der Waals surface area contributed by atoms with Crippen LogP contribution in [0, 0.1) is 13.8 Å². The quantitative estimate of drug-likeness (QED) is 0.538. The lowest BCUT2D eigenvalue weighted by molar-refractivity contribution is -0.119. The van der Waals surface area contributed by atoms with E-state index in [1.54, 1.807) is 12.1 Å². The van der Waals surface area contributed by atoms with Crippen molar-refractivity contribution in [1.82, 2.24) is 4.57 Å². The Bertz CT molecular complexity index is 854. The van der Waals surface area contributed by atoms with Gasteiger partial charge in [0.25, 0.3) is 5.91 Å². The average molecular weight is 372 g/mol. The predicted octanol–water partition coefficient (Wildman–Crippen LogP) is 2.42. The summed E-state index contributed by atoms with van der Waals surface area (Å²) >= 11 is 0. The molecule has 0 aliphatic rings. The number of para-hydroxylation sites is 1. The second kappa shape index (κ2) is 9.02. The Labute approximate surface area is 158 Å². The molecule has 2 N–H and O–H groups in total. The minimum Gasteiger partial charge on any atom is -0.483 e. The van der Waals surface area contributed by atoms with Crippen molar-refractivity contribution >= 4 is 17.7 Å². The molecule has 144 valence electrons. The topological polar surface area (TPSA) is 101 Å². The molecular weight excluding hydrogens is 348 g/mol.